The van der Waals surface area contributed by atoms with Crippen LogP contribution in [0.25, 0.3) is 0 Å². The fraction of sp³-hybridized carbons (Fsp3) is 1.00. The van der Waals surface area contributed by atoms with Crippen molar-refractivity contribution in [3.8, 4) is 0 Å². The molecule has 0 aromatic carbocycles. The first-order valence-electron chi connectivity index (χ1n) is 5.13. The Balaban J connectivity index is 4.03. The van der Waals surface area contributed by atoms with Crippen LogP contribution < -0.4 is 0 Å². The summed E-state index contributed by atoms with van der Waals surface area (Å²) in [5.74, 6) is 0.674. The summed E-state index contributed by atoms with van der Waals surface area (Å²) >= 11 is 5.73. The van der Waals surface area contributed by atoms with E-state index < -0.39 is 0 Å². The van der Waals surface area contributed by atoms with Crippen LogP contribution in [0.15, 0.2) is 0 Å². The smallest absolute Gasteiger partial charge is 0.0527 e. The molecule has 3 heteroatoms. The van der Waals surface area contributed by atoms with Crippen LogP contribution in [-0.4, -0.2) is 41.1 Å². The molecule has 2 nitrogen and oxygen atoms in total. The van der Waals surface area contributed by atoms with Crippen LogP contribution in [0.5, 0.6) is 0 Å². The number of nitrogens with zero attached hydrogens (tertiary/aromatic N) is 1. The molecular weight excluding hydrogens is 186 g/mol. The second-order valence-electron chi connectivity index (χ2n) is 3.44. The molecule has 0 amide bonds. The molecule has 0 aliphatic carbocycles. The monoisotopic (exact) mass is 207 g/mol. The highest BCUT2D eigenvalue weighted by Gasteiger charge is 2.16. The average molecular weight is 208 g/mol. The Morgan fingerprint density at radius 3 is 2.15 bits per heavy atom. The third-order valence-corrected chi connectivity index (χ3v) is 2.60. The van der Waals surface area contributed by atoms with Crippen molar-refractivity contribution in [3.63, 3.8) is 0 Å². The highest BCUT2D eigenvalue weighted by Crippen LogP contribution is 2.11. The van der Waals surface area contributed by atoms with Gasteiger partial charge in [0, 0.05) is 11.9 Å². The molecule has 0 aromatic rings. The normalized spacial score (nSPS) is 16.2. The van der Waals surface area contributed by atoms with Crippen LogP contribution >= 0.6 is 11.6 Å². The molecule has 0 fully saturated rings. The van der Waals surface area contributed by atoms with Gasteiger partial charge in [-0.15, -0.1) is 11.6 Å². The maximum Gasteiger partial charge on any atom is 0.0527 e. The summed E-state index contributed by atoms with van der Waals surface area (Å²) in [4.78, 5) is 2.36. The molecule has 80 valence electrons. The lowest BCUT2D eigenvalue weighted by molar-refractivity contribution is 0.116. The second-order valence-corrected chi connectivity index (χ2v) is 3.82. The highest BCUT2D eigenvalue weighted by atomic mass is 35.5. The van der Waals surface area contributed by atoms with E-state index in [9.17, 15) is 5.11 Å². The Bertz CT molecular complexity index is 115. The standard InChI is InChI=1S/C10H22ClNO/c1-4-12(5-2)10(6-7-11)8-9(3)13/h9-10,13H,4-8H2,1-3H3. The third-order valence-electron chi connectivity index (χ3n) is 2.38. The Kier molecular flexibility index (Phi) is 7.72. The summed E-state index contributed by atoms with van der Waals surface area (Å²) in [5, 5.41) is 9.32. The molecule has 13 heavy (non-hydrogen) atoms. The van der Waals surface area contributed by atoms with E-state index in [4.69, 9.17) is 11.6 Å². The van der Waals surface area contributed by atoms with Gasteiger partial charge in [0.1, 0.15) is 0 Å². The van der Waals surface area contributed by atoms with E-state index in [1.165, 1.54) is 0 Å². The van der Waals surface area contributed by atoms with Gasteiger partial charge in [-0.3, -0.25) is 0 Å². The summed E-state index contributed by atoms with van der Waals surface area (Å²) in [6, 6.07) is 0.437. The first-order chi connectivity index (χ1) is 6.15. The molecule has 0 spiro atoms. The van der Waals surface area contributed by atoms with Crippen LogP contribution in [0.4, 0.5) is 0 Å². The van der Waals surface area contributed by atoms with Crippen molar-refractivity contribution in [3.05, 3.63) is 0 Å². The number of rotatable bonds is 7. The van der Waals surface area contributed by atoms with E-state index in [1.54, 1.807) is 0 Å². The van der Waals surface area contributed by atoms with Crippen LogP contribution in [0, 0.1) is 0 Å². The average Bonchev–Trinajstić information content (AvgIpc) is 2.05. The van der Waals surface area contributed by atoms with Gasteiger partial charge in [0.15, 0.2) is 0 Å². The van der Waals surface area contributed by atoms with Crippen LogP contribution in [0.2, 0.25) is 0 Å². The van der Waals surface area contributed by atoms with Crippen molar-refractivity contribution in [2.75, 3.05) is 19.0 Å². The molecule has 0 aliphatic rings. The topological polar surface area (TPSA) is 23.5 Å². The zero-order valence-electron chi connectivity index (χ0n) is 8.96. The Hall–Kier alpha value is 0.210. The van der Waals surface area contributed by atoms with Crippen LogP contribution in [0.3, 0.4) is 0 Å². The van der Waals surface area contributed by atoms with E-state index in [2.05, 4.69) is 18.7 Å². The molecule has 0 saturated heterocycles. The van der Waals surface area contributed by atoms with Gasteiger partial charge in [-0.05, 0) is 32.9 Å². The van der Waals surface area contributed by atoms with Gasteiger partial charge < -0.3 is 10.0 Å². The van der Waals surface area contributed by atoms with Gasteiger partial charge in [-0.1, -0.05) is 13.8 Å². The van der Waals surface area contributed by atoms with Gasteiger partial charge >= 0.3 is 0 Å². The fourth-order valence-electron chi connectivity index (χ4n) is 1.71. The third kappa shape index (κ3) is 5.50. The molecule has 0 rings (SSSR count). The number of alkyl halides is 1. The summed E-state index contributed by atoms with van der Waals surface area (Å²) in [7, 11) is 0. The lowest BCUT2D eigenvalue weighted by Gasteiger charge is -2.30. The van der Waals surface area contributed by atoms with E-state index in [0.29, 0.717) is 11.9 Å². The summed E-state index contributed by atoms with van der Waals surface area (Å²) in [6.07, 6.45) is 1.57. The predicted octanol–water partition coefficient (Wildman–Crippen LogP) is 2.10. The van der Waals surface area contributed by atoms with Gasteiger partial charge in [0.2, 0.25) is 0 Å². The number of halogens is 1. The van der Waals surface area contributed by atoms with E-state index in [-0.39, 0.29) is 6.10 Å². The molecule has 0 radical (unpaired) electrons. The summed E-state index contributed by atoms with van der Waals surface area (Å²) in [5.41, 5.74) is 0. The largest absolute Gasteiger partial charge is 0.393 e. The van der Waals surface area contributed by atoms with Gasteiger partial charge in [-0.2, -0.15) is 0 Å². The first-order valence-corrected chi connectivity index (χ1v) is 5.67. The minimum Gasteiger partial charge on any atom is -0.393 e. The number of hydrogen-bond donors (Lipinski definition) is 1. The van der Waals surface area contributed by atoms with Gasteiger partial charge in [-0.25, -0.2) is 0 Å². The first kappa shape index (κ1) is 13.2. The highest BCUT2D eigenvalue weighted by molar-refractivity contribution is 6.17. The minimum atomic E-state index is -0.228. The molecule has 2 unspecified atom stereocenters. The number of aliphatic hydroxyl groups is 1. The number of aliphatic hydroxyl groups excluding tert-OH is 1. The molecule has 1 N–H and O–H groups in total. The minimum absolute atomic E-state index is 0.228. The SMILES string of the molecule is CCN(CC)C(CCCl)CC(C)O. The van der Waals surface area contributed by atoms with Crippen molar-refractivity contribution in [1.82, 2.24) is 4.90 Å². The zero-order chi connectivity index (χ0) is 10.3. The molecule has 0 bridgehead atoms. The fourth-order valence-corrected chi connectivity index (χ4v) is 1.96. The van der Waals surface area contributed by atoms with Gasteiger partial charge in [0.25, 0.3) is 0 Å². The second kappa shape index (κ2) is 7.60. The maximum atomic E-state index is 9.32. The predicted molar refractivity (Wildman–Crippen MR) is 58.3 cm³/mol. The number of hydrogen-bond acceptors (Lipinski definition) is 2. The van der Waals surface area contributed by atoms with Crippen molar-refractivity contribution in [1.29, 1.82) is 0 Å². The Labute approximate surface area is 86.9 Å². The Morgan fingerprint density at radius 1 is 1.31 bits per heavy atom. The summed E-state index contributed by atoms with van der Waals surface area (Å²) in [6.45, 7) is 8.19. The molecule has 0 heterocycles. The lowest BCUT2D eigenvalue weighted by atomic mass is 10.1. The zero-order valence-corrected chi connectivity index (χ0v) is 9.72. The molecule has 0 aliphatic heterocycles. The Morgan fingerprint density at radius 2 is 1.85 bits per heavy atom. The van der Waals surface area contributed by atoms with E-state index >= 15 is 0 Å². The van der Waals surface area contributed by atoms with Crippen LogP contribution in [0.1, 0.15) is 33.6 Å². The van der Waals surface area contributed by atoms with Crippen LogP contribution in [-0.2, 0) is 0 Å². The summed E-state index contributed by atoms with van der Waals surface area (Å²) < 4.78 is 0. The van der Waals surface area contributed by atoms with Crippen molar-refractivity contribution in [2.24, 2.45) is 0 Å². The molecule has 0 aromatic heterocycles. The van der Waals surface area contributed by atoms with Crippen molar-refractivity contribution < 1.29 is 5.11 Å². The van der Waals surface area contributed by atoms with E-state index in [1.807, 2.05) is 6.92 Å². The van der Waals surface area contributed by atoms with Crippen molar-refractivity contribution in [2.45, 2.75) is 45.8 Å². The molecule has 0 saturated carbocycles. The molecular formula is C10H22ClNO. The quantitative estimate of drug-likeness (QED) is 0.647. The molecule has 2 atom stereocenters. The lowest BCUT2D eigenvalue weighted by Crippen LogP contribution is -2.37. The van der Waals surface area contributed by atoms with Gasteiger partial charge in [0.05, 0.1) is 6.10 Å². The van der Waals surface area contributed by atoms with E-state index in [0.717, 1.165) is 25.9 Å². The van der Waals surface area contributed by atoms with Crippen molar-refractivity contribution >= 4 is 11.6 Å². The maximum absolute atomic E-state index is 9.32.